The number of hydrogen-bond acceptors (Lipinski definition) is 2. The summed E-state index contributed by atoms with van der Waals surface area (Å²) in [5.41, 5.74) is 5.84. The van der Waals surface area contributed by atoms with E-state index in [4.69, 9.17) is 10.8 Å². The molecule has 0 saturated heterocycles. The van der Waals surface area contributed by atoms with Crippen LogP contribution in [0, 0.1) is 5.82 Å². The Morgan fingerprint density at radius 2 is 2.19 bits per heavy atom. The molecule has 1 rings (SSSR count). The van der Waals surface area contributed by atoms with Crippen LogP contribution < -0.4 is 5.73 Å². The van der Waals surface area contributed by atoms with Crippen LogP contribution in [0.5, 0.6) is 0 Å². The van der Waals surface area contributed by atoms with Gasteiger partial charge in [-0.05, 0) is 31.5 Å². The Balaban J connectivity index is 3.06. The van der Waals surface area contributed by atoms with Crippen molar-refractivity contribution >= 4 is 5.97 Å². The Labute approximate surface area is 94.1 Å². The average Bonchev–Trinajstić information content (AvgIpc) is 2.12. The van der Waals surface area contributed by atoms with Crippen molar-refractivity contribution in [1.82, 2.24) is 0 Å². The molecule has 1 aromatic carbocycles. The largest absolute Gasteiger partial charge is 0.481 e. The molecule has 1 atom stereocenters. The lowest BCUT2D eigenvalue weighted by atomic mass is 9.80. The molecule has 3 nitrogen and oxygen atoms in total. The third-order valence-corrected chi connectivity index (χ3v) is 2.53. The average molecular weight is 225 g/mol. The second kappa shape index (κ2) is 4.61. The maximum Gasteiger partial charge on any atom is 0.304 e. The van der Waals surface area contributed by atoms with Gasteiger partial charge in [-0.2, -0.15) is 0 Å². The normalized spacial score (nSPS) is 13.5. The smallest absolute Gasteiger partial charge is 0.304 e. The number of halogens is 1. The Morgan fingerprint density at radius 1 is 1.56 bits per heavy atom. The van der Waals surface area contributed by atoms with Crippen molar-refractivity contribution in [1.29, 1.82) is 0 Å². The van der Waals surface area contributed by atoms with Crippen LogP contribution in [-0.4, -0.2) is 16.6 Å². The highest BCUT2D eigenvalue weighted by Crippen LogP contribution is 2.29. The zero-order chi connectivity index (χ0) is 12.3. The molecule has 0 bridgehead atoms. The zero-order valence-corrected chi connectivity index (χ0v) is 9.40. The number of rotatable bonds is 4. The lowest BCUT2D eigenvalue weighted by molar-refractivity contribution is -0.137. The highest BCUT2D eigenvalue weighted by molar-refractivity contribution is 5.68. The first-order valence-corrected chi connectivity index (χ1v) is 5.07. The Morgan fingerprint density at radius 3 is 2.62 bits per heavy atom. The molecule has 0 aliphatic heterocycles. The number of carbonyl (C=O) groups is 1. The standard InChI is InChI=1S/C12H16FNO2/c1-12(2,14)10(7-11(15)16)8-4-3-5-9(13)6-8/h3-6,10H,7,14H2,1-2H3,(H,15,16). The Hall–Kier alpha value is -1.42. The second-order valence-electron chi connectivity index (χ2n) is 4.53. The topological polar surface area (TPSA) is 63.3 Å². The van der Waals surface area contributed by atoms with Gasteiger partial charge in [-0.15, -0.1) is 0 Å². The van der Waals surface area contributed by atoms with E-state index < -0.39 is 17.4 Å². The predicted octanol–water partition coefficient (Wildman–Crippen LogP) is 2.12. The summed E-state index contributed by atoms with van der Waals surface area (Å²) in [5.74, 6) is -1.72. The maximum atomic E-state index is 13.1. The lowest BCUT2D eigenvalue weighted by Crippen LogP contribution is -2.40. The SMILES string of the molecule is CC(C)(N)C(CC(=O)O)c1cccc(F)c1. The molecule has 88 valence electrons. The van der Waals surface area contributed by atoms with Crippen molar-refractivity contribution in [3.05, 3.63) is 35.6 Å². The molecule has 0 spiro atoms. The quantitative estimate of drug-likeness (QED) is 0.825. The van der Waals surface area contributed by atoms with E-state index in [0.29, 0.717) is 5.56 Å². The Bertz CT molecular complexity index is 385. The van der Waals surface area contributed by atoms with E-state index in [0.717, 1.165) is 0 Å². The van der Waals surface area contributed by atoms with Crippen LogP contribution >= 0.6 is 0 Å². The van der Waals surface area contributed by atoms with Crippen LogP contribution in [-0.2, 0) is 4.79 Å². The zero-order valence-electron chi connectivity index (χ0n) is 9.40. The Kier molecular flexibility index (Phi) is 3.65. The molecule has 0 radical (unpaired) electrons. The molecule has 0 heterocycles. The molecular formula is C12H16FNO2. The molecule has 3 N–H and O–H groups in total. The minimum atomic E-state index is -0.937. The van der Waals surface area contributed by atoms with Gasteiger partial charge < -0.3 is 10.8 Å². The van der Waals surface area contributed by atoms with Gasteiger partial charge in [-0.1, -0.05) is 12.1 Å². The molecule has 0 aliphatic rings. The van der Waals surface area contributed by atoms with E-state index in [1.807, 2.05) is 0 Å². The summed E-state index contributed by atoms with van der Waals surface area (Å²) in [4.78, 5) is 10.8. The van der Waals surface area contributed by atoms with E-state index in [2.05, 4.69) is 0 Å². The highest BCUT2D eigenvalue weighted by Gasteiger charge is 2.29. The fourth-order valence-corrected chi connectivity index (χ4v) is 1.71. The van der Waals surface area contributed by atoms with E-state index in [-0.39, 0.29) is 12.2 Å². The van der Waals surface area contributed by atoms with Crippen molar-refractivity contribution in [2.24, 2.45) is 5.73 Å². The lowest BCUT2D eigenvalue weighted by Gasteiger charge is -2.29. The molecule has 4 heteroatoms. The number of nitrogens with two attached hydrogens (primary N) is 1. The maximum absolute atomic E-state index is 13.1. The monoisotopic (exact) mass is 225 g/mol. The van der Waals surface area contributed by atoms with Gasteiger partial charge in [0.1, 0.15) is 5.82 Å². The summed E-state index contributed by atoms with van der Waals surface area (Å²) in [6, 6.07) is 5.92. The van der Waals surface area contributed by atoms with Crippen molar-refractivity contribution in [3.8, 4) is 0 Å². The molecule has 0 saturated carbocycles. The second-order valence-corrected chi connectivity index (χ2v) is 4.53. The van der Waals surface area contributed by atoms with Crippen LogP contribution in [0.3, 0.4) is 0 Å². The fourth-order valence-electron chi connectivity index (χ4n) is 1.71. The van der Waals surface area contributed by atoms with E-state index in [1.165, 1.54) is 12.1 Å². The minimum absolute atomic E-state index is 0.104. The third kappa shape index (κ3) is 3.31. The van der Waals surface area contributed by atoms with E-state index in [1.54, 1.807) is 26.0 Å². The number of benzene rings is 1. The van der Waals surface area contributed by atoms with Gasteiger partial charge in [0.2, 0.25) is 0 Å². The molecule has 0 amide bonds. The molecular weight excluding hydrogens is 209 g/mol. The predicted molar refractivity (Wildman–Crippen MR) is 59.7 cm³/mol. The van der Waals surface area contributed by atoms with Gasteiger partial charge >= 0.3 is 5.97 Å². The number of aliphatic carboxylic acids is 1. The molecule has 1 aromatic rings. The van der Waals surface area contributed by atoms with Crippen molar-refractivity contribution in [2.45, 2.75) is 31.7 Å². The van der Waals surface area contributed by atoms with E-state index in [9.17, 15) is 9.18 Å². The van der Waals surface area contributed by atoms with Gasteiger partial charge in [-0.25, -0.2) is 4.39 Å². The summed E-state index contributed by atoms with van der Waals surface area (Å²) >= 11 is 0. The highest BCUT2D eigenvalue weighted by atomic mass is 19.1. The first-order chi connectivity index (χ1) is 7.30. The minimum Gasteiger partial charge on any atom is -0.481 e. The van der Waals surface area contributed by atoms with Gasteiger partial charge in [0.25, 0.3) is 0 Å². The fraction of sp³-hybridized carbons (Fsp3) is 0.417. The van der Waals surface area contributed by atoms with Crippen molar-refractivity contribution in [2.75, 3.05) is 0 Å². The van der Waals surface area contributed by atoms with E-state index >= 15 is 0 Å². The summed E-state index contributed by atoms with van der Waals surface area (Å²) in [7, 11) is 0. The molecule has 0 fully saturated rings. The van der Waals surface area contributed by atoms with Crippen LogP contribution in [0.4, 0.5) is 4.39 Å². The first-order valence-electron chi connectivity index (χ1n) is 5.07. The molecule has 1 unspecified atom stereocenters. The summed E-state index contributed by atoms with van der Waals surface area (Å²) in [5, 5.41) is 8.83. The number of hydrogen-bond donors (Lipinski definition) is 2. The summed E-state index contributed by atoms with van der Waals surface area (Å²) < 4.78 is 13.1. The van der Waals surface area contributed by atoms with Crippen molar-refractivity contribution in [3.63, 3.8) is 0 Å². The molecule has 0 aliphatic carbocycles. The van der Waals surface area contributed by atoms with Crippen LogP contribution in [0.2, 0.25) is 0 Å². The summed E-state index contributed by atoms with van der Waals surface area (Å²) in [6.45, 7) is 3.48. The molecule has 0 aromatic heterocycles. The van der Waals surface area contributed by atoms with Gasteiger partial charge in [0, 0.05) is 11.5 Å². The van der Waals surface area contributed by atoms with Crippen LogP contribution in [0.25, 0.3) is 0 Å². The summed E-state index contributed by atoms with van der Waals surface area (Å²) in [6.07, 6.45) is -0.104. The van der Waals surface area contributed by atoms with Gasteiger partial charge in [-0.3, -0.25) is 4.79 Å². The van der Waals surface area contributed by atoms with Gasteiger partial charge in [0.05, 0.1) is 6.42 Å². The third-order valence-electron chi connectivity index (χ3n) is 2.53. The number of carboxylic acids is 1. The van der Waals surface area contributed by atoms with Crippen LogP contribution in [0.15, 0.2) is 24.3 Å². The first kappa shape index (κ1) is 12.6. The van der Waals surface area contributed by atoms with Crippen LogP contribution in [0.1, 0.15) is 31.7 Å². The van der Waals surface area contributed by atoms with Crippen molar-refractivity contribution < 1.29 is 14.3 Å². The van der Waals surface area contributed by atoms with Gasteiger partial charge in [0.15, 0.2) is 0 Å². The molecule has 16 heavy (non-hydrogen) atoms. The number of carboxylic acid groups (broad SMARTS) is 1.